The van der Waals surface area contributed by atoms with Crippen LogP contribution in [0.2, 0.25) is 0 Å². The molecule has 0 aliphatic heterocycles. The topological polar surface area (TPSA) is 112 Å². The first-order valence-electron chi connectivity index (χ1n) is 16.5. The number of aliphatic carboxylic acids is 3. The minimum Gasteiger partial charge on any atom is -0.481 e. The van der Waals surface area contributed by atoms with Crippen molar-refractivity contribution in [2.45, 2.75) is 155 Å². The van der Waals surface area contributed by atoms with E-state index in [9.17, 15) is 14.4 Å². The van der Waals surface area contributed by atoms with Crippen molar-refractivity contribution < 1.29 is 34.2 Å². The SMILES string of the molecule is CC/C=C/CCCCCCCCCCCCCC[N+](CCCCC(=O)O)(CCCCC(=O)O)CCCCC(=O)O. The van der Waals surface area contributed by atoms with E-state index in [0.717, 1.165) is 62.8 Å². The summed E-state index contributed by atoms with van der Waals surface area (Å²) >= 11 is 0. The predicted octanol–water partition coefficient (Wildman–Crippen LogP) is 8.61. The zero-order chi connectivity index (χ0) is 29.7. The van der Waals surface area contributed by atoms with Crippen LogP contribution in [0.4, 0.5) is 0 Å². The molecule has 7 nitrogen and oxygen atoms in total. The fourth-order valence-electron chi connectivity index (χ4n) is 5.60. The Labute approximate surface area is 245 Å². The van der Waals surface area contributed by atoms with Gasteiger partial charge in [-0.15, -0.1) is 0 Å². The van der Waals surface area contributed by atoms with Crippen LogP contribution in [0.15, 0.2) is 12.2 Å². The Morgan fingerprint density at radius 3 is 1.07 bits per heavy atom. The quantitative estimate of drug-likeness (QED) is 0.0438. The Hall–Kier alpha value is -1.89. The van der Waals surface area contributed by atoms with E-state index in [4.69, 9.17) is 15.3 Å². The Balaban J connectivity index is 4.41. The van der Waals surface area contributed by atoms with Crippen LogP contribution in [-0.4, -0.2) is 63.9 Å². The molecule has 0 rings (SSSR count). The van der Waals surface area contributed by atoms with E-state index in [1.165, 1.54) is 77.0 Å². The molecule has 0 amide bonds. The summed E-state index contributed by atoms with van der Waals surface area (Å²) in [4.78, 5) is 33.0. The van der Waals surface area contributed by atoms with Gasteiger partial charge in [0, 0.05) is 19.3 Å². The molecule has 40 heavy (non-hydrogen) atoms. The van der Waals surface area contributed by atoms with Crippen molar-refractivity contribution in [2.24, 2.45) is 0 Å². The molecule has 234 valence electrons. The normalized spacial score (nSPS) is 11.8. The second-order valence-electron chi connectivity index (χ2n) is 11.7. The summed E-state index contributed by atoms with van der Waals surface area (Å²) in [6.45, 7) is 5.87. The van der Waals surface area contributed by atoms with E-state index in [1.54, 1.807) is 0 Å². The molecule has 0 saturated heterocycles. The Bertz CT molecular complexity index is 608. The molecular weight excluding hydrogens is 506 g/mol. The van der Waals surface area contributed by atoms with Gasteiger partial charge in [0.1, 0.15) is 0 Å². The molecule has 0 unspecified atom stereocenters. The van der Waals surface area contributed by atoms with Crippen LogP contribution in [0.5, 0.6) is 0 Å². The summed E-state index contributed by atoms with van der Waals surface area (Å²) in [6, 6.07) is 0. The molecule has 0 bridgehead atoms. The van der Waals surface area contributed by atoms with Crippen molar-refractivity contribution in [3.63, 3.8) is 0 Å². The zero-order valence-electron chi connectivity index (χ0n) is 25.8. The summed E-state index contributed by atoms with van der Waals surface area (Å²) in [5.74, 6) is -2.30. The predicted molar refractivity (Wildman–Crippen MR) is 164 cm³/mol. The standard InChI is InChI=1S/C33H61NO6/c1-2-3-4-5-6-7-8-9-10-11-12-13-14-15-16-20-27-34(28-21-17-24-31(35)36,29-22-18-25-32(37)38)30-23-19-26-33(39)40/h3-4H,2,5-30H2,1H3,(H2-,35,36,37,38,39,40)/p+1/b4-3+. The first-order valence-corrected chi connectivity index (χ1v) is 16.5. The molecule has 0 aliphatic rings. The number of hydrogen-bond acceptors (Lipinski definition) is 3. The lowest BCUT2D eigenvalue weighted by Crippen LogP contribution is -2.51. The molecule has 0 fully saturated rings. The van der Waals surface area contributed by atoms with E-state index < -0.39 is 17.9 Å². The maximum Gasteiger partial charge on any atom is 0.303 e. The highest BCUT2D eigenvalue weighted by atomic mass is 16.4. The van der Waals surface area contributed by atoms with Gasteiger partial charge in [0.25, 0.3) is 0 Å². The monoisotopic (exact) mass is 568 g/mol. The maximum atomic E-state index is 11.0. The molecule has 0 radical (unpaired) electrons. The molecule has 0 atom stereocenters. The van der Waals surface area contributed by atoms with Gasteiger partial charge in [-0.25, -0.2) is 0 Å². The summed E-state index contributed by atoms with van der Waals surface area (Å²) in [5, 5.41) is 27.1. The van der Waals surface area contributed by atoms with Crippen molar-refractivity contribution >= 4 is 17.9 Å². The first-order chi connectivity index (χ1) is 19.3. The van der Waals surface area contributed by atoms with E-state index >= 15 is 0 Å². The zero-order valence-corrected chi connectivity index (χ0v) is 25.8. The van der Waals surface area contributed by atoms with Crippen LogP contribution >= 0.6 is 0 Å². The second kappa shape index (κ2) is 27.3. The fourth-order valence-corrected chi connectivity index (χ4v) is 5.60. The number of quaternary nitrogens is 1. The Morgan fingerprint density at radius 1 is 0.450 bits per heavy atom. The number of nitrogens with zero attached hydrogens (tertiary/aromatic N) is 1. The third-order valence-corrected chi connectivity index (χ3v) is 7.97. The smallest absolute Gasteiger partial charge is 0.303 e. The third kappa shape index (κ3) is 26.3. The van der Waals surface area contributed by atoms with Gasteiger partial charge in [-0.3, -0.25) is 14.4 Å². The maximum absolute atomic E-state index is 11.0. The molecule has 0 aromatic carbocycles. The van der Waals surface area contributed by atoms with Crippen molar-refractivity contribution in [1.82, 2.24) is 0 Å². The summed E-state index contributed by atoms with van der Waals surface area (Å²) in [5.41, 5.74) is 0. The molecule has 0 heterocycles. The van der Waals surface area contributed by atoms with Crippen molar-refractivity contribution in [3.05, 3.63) is 12.2 Å². The van der Waals surface area contributed by atoms with Gasteiger partial charge < -0.3 is 19.8 Å². The van der Waals surface area contributed by atoms with Gasteiger partial charge in [-0.05, 0) is 70.6 Å². The van der Waals surface area contributed by atoms with Gasteiger partial charge in [0.2, 0.25) is 0 Å². The number of unbranched alkanes of at least 4 members (excludes halogenated alkanes) is 15. The largest absolute Gasteiger partial charge is 0.481 e. The van der Waals surface area contributed by atoms with Crippen LogP contribution in [0, 0.1) is 0 Å². The summed E-state index contributed by atoms with van der Waals surface area (Å²) in [7, 11) is 0. The van der Waals surface area contributed by atoms with Gasteiger partial charge >= 0.3 is 17.9 Å². The van der Waals surface area contributed by atoms with Crippen molar-refractivity contribution in [1.29, 1.82) is 0 Å². The highest BCUT2D eigenvalue weighted by Gasteiger charge is 2.26. The molecule has 0 aliphatic carbocycles. The van der Waals surface area contributed by atoms with E-state index in [-0.39, 0.29) is 19.3 Å². The van der Waals surface area contributed by atoms with Gasteiger partial charge in [0.15, 0.2) is 0 Å². The summed E-state index contributed by atoms with van der Waals surface area (Å²) < 4.78 is 0.869. The number of carbonyl (C=O) groups is 3. The molecule has 0 spiro atoms. The minimum atomic E-state index is -0.767. The lowest BCUT2D eigenvalue weighted by Gasteiger charge is -2.39. The van der Waals surface area contributed by atoms with Crippen molar-refractivity contribution in [3.8, 4) is 0 Å². The van der Waals surface area contributed by atoms with Crippen LogP contribution in [0.1, 0.15) is 155 Å². The van der Waals surface area contributed by atoms with Crippen LogP contribution in [-0.2, 0) is 14.4 Å². The average Bonchev–Trinajstić information content (AvgIpc) is 2.91. The minimum absolute atomic E-state index is 0.175. The molecule has 3 N–H and O–H groups in total. The molecule has 7 heteroatoms. The van der Waals surface area contributed by atoms with Gasteiger partial charge in [-0.2, -0.15) is 0 Å². The first kappa shape index (κ1) is 38.1. The fraction of sp³-hybridized carbons (Fsp3) is 0.848. The lowest BCUT2D eigenvalue weighted by atomic mass is 10.0. The number of carboxylic acid groups (broad SMARTS) is 3. The Morgan fingerprint density at radius 2 is 0.750 bits per heavy atom. The summed E-state index contributed by atoms with van der Waals surface area (Å²) in [6.07, 6.45) is 27.5. The second-order valence-corrected chi connectivity index (χ2v) is 11.7. The van der Waals surface area contributed by atoms with Crippen LogP contribution < -0.4 is 0 Å². The number of carboxylic acids is 3. The average molecular weight is 569 g/mol. The van der Waals surface area contributed by atoms with Crippen LogP contribution in [0.3, 0.4) is 0 Å². The third-order valence-electron chi connectivity index (χ3n) is 7.97. The number of hydrogen-bond donors (Lipinski definition) is 3. The molecular formula is C33H62NO6+. The van der Waals surface area contributed by atoms with E-state index in [0.29, 0.717) is 19.3 Å². The van der Waals surface area contributed by atoms with Gasteiger partial charge in [0.05, 0.1) is 26.2 Å². The van der Waals surface area contributed by atoms with Crippen molar-refractivity contribution in [2.75, 3.05) is 26.2 Å². The molecule has 0 aromatic rings. The number of rotatable bonds is 31. The number of allylic oxidation sites excluding steroid dienone is 2. The Kier molecular flexibility index (Phi) is 26.0. The molecule has 0 saturated carbocycles. The lowest BCUT2D eigenvalue weighted by molar-refractivity contribution is -0.929. The van der Waals surface area contributed by atoms with E-state index in [2.05, 4.69) is 19.1 Å². The highest BCUT2D eigenvalue weighted by molar-refractivity contribution is 5.67. The molecule has 0 aromatic heterocycles. The van der Waals surface area contributed by atoms with Crippen LogP contribution in [0.25, 0.3) is 0 Å². The van der Waals surface area contributed by atoms with Gasteiger partial charge in [-0.1, -0.05) is 76.9 Å². The highest BCUT2D eigenvalue weighted by Crippen LogP contribution is 2.20. The van der Waals surface area contributed by atoms with E-state index in [1.807, 2.05) is 0 Å².